The van der Waals surface area contributed by atoms with Crippen molar-refractivity contribution in [3.8, 4) is 0 Å². The Labute approximate surface area is 195 Å². The molecule has 2 heterocycles. The van der Waals surface area contributed by atoms with Gasteiger partial charge in [-0.1, -0.05) is 17.7 Å². The summed E-state index contributed by atoms with van der Waals surface area (Å²) in [5, 5.41) is 2.27. The van der Waals surface area contributed by atoms with Gasteiger partial charge in [0.2, 0.25) is 0 Å². The normalized spacial score (nSPS) is 13.9. The monoisotopic (exact) mass is 496 g/mol. The number of nitrogens with one attached hydrogen (secondary N) is 1. The average molecular weight is 497 g/mol. The molecule has 2 aromatic carbocycles. The molecule has 0 unspecified atom stereocenters. The lowest BCUT2D eigenvalue weighted by molar-refractivity contribution is -0.138. The standard InChI is InChI=1S/C23H17ClF4N2O2S/c24-19-12-17-18(33-19)6-1-2-11-30(17)22(32)13-7-9-14(10-8-13)29-21(31)20-15(23(26,27)28)4-3-5-16(20)25/h3-5,7-10,12H,1-2,6,11H2,(H,29,31). The van der Waals surface area contributed by atoms with Crippen molar-refractivity contribution in [2.24, 2.45) is 0 Å². The predicted octanol–water partition coefficient (Wildman–Crippen LogP) is 6.79. The third-order valence-corrected chi connectivity index (χ3v) is 6.58. The van der Waals surface area contributed by atoms with Crippen LogP contribution in [0, 0.1) is 5.82 Å². The van der Waals surface area contributed by atoms with Crippen molar-refractivity contribution in [1.82, 2.24) is 0 Å². The maximum Gasteiger partial charge on any atom is 0.417 e. The van der Waals surface area contributed by atoms with Gasteiger partial charge in [-0.3, -0.25) is 9.59 Å². The quantitative estimate of drug-likeness (QED) is 0.406. The Bertz CT molecular complexity index is 1210. The molecular weight excluding hydrogens is 480 g/mol. The van der Waals surface area contributed by atoms with Crippen LogP contribution in [-0.4, -0.2) is 18.4 Å². The zero-order valence-electron chi connectivity index (χ0n) is 17.0. The first-order valence-electron chi connectivity index (χ1n) is 10.0. The lowest BCUT2D eigenvalue weighted by Gasteiger charge is -2.21. The number of hydrogen-bond donors (Lipinski definition) is 1. The third-order valence-electron chi connectivity index (χ3n) is 5.26. The number of alkyl halides is 3. The lowest BCUT2D eigenvalue weighted by Crippen LogP contribution is -2.31. The van der Waals surface area contributed by atoms with Crippen LogP contribution in [0.4, 0.5) is 28.9 Å². The van der Waals surface area contributed by atoms with Crippen LogP contribution in [0.2, 0.25) is 4.34 Å². The van der Waals surface area contributed by atoms with E-state index in [-0.39, 0.29) is 11.6 Å². The Morgan fingerprint density at radius 2 is 1.79 bits per heavy atom. The maximum atomic E-state index is 14.0. The average Bonchev–Trinajstić information content (AvgIpc) is 3.02. The predicted molar refractivity (Wildman–Crippen MR) is 120 cm³/mol. The largest absolute Gasteiger partial charge is 0.417 e. The van der Waals surface area contributed by atoms with Gasteiger partial charge < -0.3 is 10.2 Å². The summed E-state index contributed by atoms with van der Waals surface area (Å²) in [6, 6.07) is 9.79. The Hall–Kier alpha value is -2.91. The smallest absolute Gasteiger partial charge is 0.322 e. The fourth-order valence-corrected chi connectivity index (χ4v) is 5.03. The third kappa shape index (κ3) is 4.89. The first kappa shape index (κ1) is 23.3. The summed E-state index contributed by atoms with van der Waals surface area (Å²) in [5.74, 6) is -2.76. The summed E-state index contributed by atoms with van der Waals surface area (Å²) < 4.78 is 54.2. The van der Waals surface area contributed by atoms with E-state index in [9.17, 15) is 27.2 Å². The van der Waals surface area contributed by atoms with Gasteiger partial charge in [0, 0.05) is 22.7 Å². The molecule has 1 aromatic heterocycles. The van der Waals surface area contributed by atoms with Crippen LogP contribution in [0.15, 0.2) is 48.5 Å². The minimum absolute atomic E-state index is 0.128. The topological polar surface area (TPSA) is 49.4 Å². The summed E-state index contributed by atoms with van der Waals surface area (Å²) in [6.45, 7) is 0.533. The molecule has 0 radical (unpaired) electrons. The fourth-order valence-electron chi connectivity index (χ4n) is 3.72. The van der Waals surface area contributed by atoms with Crippen LogP contribution in [0.3, 0.4) is 0 Å². The van der Waals surface area contributed by atoms with Crippen molar-refractivity contribution in [3.63, 3.8) is 0 Å². The molecule has 10 heteroatoms. The number of fused-ring (bicyclic) bond motifs is 1. The number of anilines is 2. The van der Waals surface area contributed by atoms with Crippen molar-refractivity contribution in [2.75, 3.05) is 16.8 Å². The molecule has 33 heavy (non-hydrogen) atoms. The zero-order valence-corrected chi connectivity index (χ0v) is 18.6. The van der Waals surface area contributed by atoms with Crippen molar-refractivity contribution >= 4 is 46.1 Å². The molecule has 0 spiro atoms. The van der Waals surface area contributed by atoms with Crippen LogP contribution >= 0.6 is 22.9 Å². The van der Waals surface area contributed by atoms with E-state index in [0.29, 0.717) is 22.5 Å². The van der Waals surface area contributed by atoms with E-state index in [1.165, 1.54) is 35.6 Å². The van der Waals surface area contributed by atoms with E-state index in [1.54, 1.807) is 11.0 Å². The molecule has 4 nitrogen and oxygen atoms in total. The van der Waals surface area contributed by atoms with Gasteiger partial charge in [-0.05, 0) is 61.7 Å². The highest BCUT2D eigenvalue weighted by atomic mass is 35.5. The summed E-state index contributed by atoms with van der Waals surface area (Å²) in [4.78, 5) is 28.2. The number of rotatable bonds is 3. The number of benzene rings is 2. The number of amides is 2. The lowest BCUT2D eigenvalue weighted by atomic mass is 10.1. The van der Waals surface area contributed by atoms with E-state index in [2.05, 4.69) is 5.32 Å². The number of thiophene rings is 1. The van der Waals surface area contributed by atoms with Gasteiger partial charge in [-0.2, -0.15) is 13.2 Å². The van der Waals surface area contributed by atoms with Crippen molar-refractivity contribution in [2.45, 2.75) is 25.4 Å². The van der Waals surface area contributed by atoms with Gasteiger partial charge in [-0.25, -0.2) is 4.39 Å². The minimum atomic E-state index is -4.89. The number of carbonyl (C=O) groups excluding carboxylic acids is 2. The minimum Gasteiger partial charge on any atom is -0.322 e. The highest BCUT2D eigenvalue weighted by Gasteiger charge is 2.36. The molecule has 2 amide bonds. The van der Waals surface area contributed by atoms with Gasteiger partial charge >= 0.3 is 6.18 Å². The van der Waals surface area contributed by atoms with Crippen LogP contribution in [0.1, 0.15) is 44.0 Å². The molecule has 172 valence electrons. The van der Waals surface area contributed by atoms with Crippen molar-refractivity contribution < 1.29 is 27.2 Å². The van der Waals surface area contributed by atoms with Crippen molar-refractivity contribution in [1.29, 1.82) is 0 Å². The molecule has 0 saturated heterocycles. The number of hydrogen-bond acceptors (Lipinski definition) is 3. The Morgan fingerprint density at radius 3 is 2.48 bits per heavy atom. The maximum absolute atomic E-state index is 14.0. The second-order valence-electron chi connectivity index (χ2n) is 7.46. The number of halogens is 5. The molecule has 3 aromatic rings. The Kier molecular flexibility index (Phi) is 6.45. The first-order valence-corrected chi connectivity index (χ1v) is 11.2. The SMILES string of the molecule is O=C(Nc1ccc(C(=O)N2CCCCc3sc(Cl)cc32)cc1)c1c(F)cccc1C(F)(F)F. The summed E-state index contributed by atoms with van der Waals surface area (Å²) in [6.07, 6.45) is -2.27. The molecule has 0 atom stereocenters. The zero-order chi connectivity index (χ0) is 23.8. The molecule has 0 aliphatic carbocycles. The van der Waals surface area contributed by atoms with Crippen LogP contribution < -0.4 is 10.2 Å². The van der Waals surface area contributed by atoms with Gasteiger partial charge in [-0.15, -0.1) is 11.3 Å². The van der Waals surface area contributed by atoms with E-state index in [0.717, 1.165) is 42.0 Å². The van der Waals surface area contributed by atoms with E-state index < -0.39 is 29.0 Å². The van der Waals surface area contributed by atoms with Gasteiger partial charge in [0.1, 0.15) is 5.82 Å². The molecule has 0 saturated carbocycles. The molecule has 0 fully saturated rings. The second kappa shape index (κ2) is 9.15. The fraction of sp³-hybridized carbons (Fsp3) is 0.217. The van der Waals surface area contributed by atoms with Gasteiger partial charge in [0.15, 0.2) is 0 Å². The van der Waals surface area contributed by atoms with E-state index in [1.807, 2.05) is 0 Å². The summed E-state index contributed by atoms with van der Waals surface area (Å²) in [7, 11) is 0. The number of carbonyl (C=O) groups is 2. The van der Waals surface area contributed by atoms with Crippen LogP contribution in [0.5, 0.6) is 0 Å². The van der Waals surface area contributed by atoms with Crippen LogP contribution in [-0.2, 0) is 12.6 Å². The Balaban J connectivity index is 1.54. The number of aryl methyl sites for hydroxylation is 1. The van der Waals surface area contributed by atoms with E-state index in [4.69, 9.17) is 11.6 Å². The first-order chi connectivity index (χ1) is 15.6. The summed E-state index contributed by atoms with van der Waals surface area (Å²) in [5.41, 5.74) is -1.20. The molecular formula is C23H17ClF4N2O2S. The molecule has 0 bridgehead atoms. The summed E-state index contributed by atoms with van der Waals surface area (Å²) >= 11 is 7.58. The van der Waals surface area contributed by atoms with Crippen LogP contribution in [0.25, 0.3) is 0 Å². The Morgan fingerprint density at radius 1 is 1.06 bits per heavy atom. The molecule has 4 rings (SSSR count). The highest BCUT2D eigenvalue weighted by Crippen LogP contribution is 2.37. The second-order valence-corrected chi connectivity index (χ2v) is 9.23. The van der Waals surface area contributed by atoms with Gasteiger partial charge in [0.05, 0.1) is 21.2 Å². The van der Waals surface area contributed by atoms with Gasteiger partial charge in [0.25, 0.3) is 11.8 Å². The molecule has 1 aliphatic heterocycles. The highest BCUT2D eigenvalue weighted by molar-refractivity contribution is 7.16. The molecule has 1 aliphatic rings. The number of nitrogens with zero attached hydrogens (tertiary/aromatic N) is 1. The van der Waals surface area contributed by atoms with Crippen molar-refractivity contribution in [3.05, 3.63) is 80.3 Å². The van der Waals surface area contributed by atoms with E-state index >= 15 is 0 Å². The molecule has 1 N–H and O–H groups in total.